The SMILES string of the molecule is c1ccc(-c2ccc(-c3ccc(-n4c5ccccc5c5cc(-c6ccc7c(c6)c6ccccc6n7-c6ccccc6-c6ccc(-c7ccccc7)cc6)ccc54)cc3)cc2)cc1. The molecule has 10 aromatic carbocycles. The van der Waals surface area contributed by atoms with Crippen LogP contribution in [0.1, 0.15) is 0 Å². The molecule has 0 saturated heterocycles. The van der Waals surface area contributed by atoms with Gasteiger partial charge in [-0.05, 0) is 105 Å². The van der Waals surface area contributed by atoms with Crippen LogP contribution in [0.5, 0.6) is 0 Å². The van der Waals surface area contributed by atoms with Crippen LogP contribution in [0.3, 0.4) is 0 Å². The molecule has 2 heteroatoms. The molecular weight excluding hydrogens is 749 g/mol. The number of hydrogen-bond acceptors (Lipinski definition) is 0. The van der Waals surface area contributed by atoms with Gasteiger partial charge in [0.25, 0.3) is 0 Å². The first-order valence-electron chi connectivity index (χ1n) is 21.3. The highest BCUT2D eigenvalue weighted by Gasteiger charge is 2.18. The summed E-state index contributed by atoms with van der Waals surface area (Å²) in [5.74, 6) is 0. The fourth-order valence-electron chi connectivity index (χ4n) is 9.52. The Labute approximate surface area is 360 Å². The predicted octanol–water partition coefficient (Wildman–Crippen LogP) is 16.2. The second-order valence-corrected chi connectivity index (χ2v) is 16.1. The maximum Gasteiger partial charge on any atom is 0.0541 e. The molecule has 0 aliphatic carbocycles. The Balaban J connectivity index is 0.918. The molecule has 0 aliphatic heterocycles. The number of rotatable bonds is 7. The van der Waals surface area contributed by atoms with E-state index in [1.807, 2.05) is 0 Å². The number of hydrogen-bond donors (Lipinski definition) is 0. The minimum Gasteiger partial charge on any atom is -0.309 e. The Kier molecular flexibility index (Phi) is 8.53. The Hall–Kier alpha value is -8.20. The van der Waals surface area contributed by atoms with Crippen molar-refractivity contribution in [2.75, 3.05) is 0 Å². The van der Waals surface area contributed by atoms with Gasteiger partial charge < -0.3 is 9.13 Å². The van der Waals surface area contributed by atoms with E-state index in [0.29, 0.717) is 0 Å². The van der Waals surface area contributed by atoms with E-state index in [2.05, 4.69) is 252 Å². The van der Waals surface area contributed by atoms with Gasteiger partial charge in [0.1, 0.15) is 0 Å². The van der Waals surface area contributed by atoms with Gasteiger partial charge in [0.05, 0.1) is 27.8 Å². The summed E-state index contributed by atoms with van der Waals surface area (Å²) in [5.41, 5.74) is 19.2. The van der Waals surface area contributed by atoms with Crippen molar-refractivity contribution in [3.8, 4) is 67.0 Å². The fraction of sp³-hybridized carbons (Fsp3) is 0. The lowest BCUT2D eigenvalue weighted by Crippen LogP contribution is -1.97. The zero-order valence-corrected chi connectivity index (χ0v) is 34.0. The molecule has 2 aromatic heterocycles. The van der Waals surface area contributed by atoms with Crippen molar-refractivity contribution in [1.82, 2.24) is 9.13 Å². The van der Waals surface area contributed by atoms with Crippen LogP contribution in [-0.2, 0) is 0 Å². The molecule has 0 N–H and O–H groups in total. The molecule has 0 aliphatic rings. The van der Waals surface area contributed by atoms with Crippen molar-refractivity contribution < 1.29 is 0 Å². The smallest absolute Gasteiger partial charge is 0.0541 e. The standard InChI is InChI=1S/C60H40N2/c1-3-13-41(14-4-1)43-23-25-45(26-24-43)46-31-35-50(36-32-46)61-57-21-11-8-18-52(57)54-39-48(33-37-59(54)61)49-34-38-60-55(40-49)53-19-9-12-22-58(53)62(60)56-20-10-7-17-51(56)47-29-27-44(28-30-47)42-15-5-2-6-16-42/h1-40H. The van der Waals surface area contributed by atoms with E-state index in [9.17, 15) is 0 Å². The molecule has 0 atom stereocenters. The first-order chi connectivity index (χ1) is 30.7. The third-order valence-electron chi connectivity index (χ3n) is 12.6. The van der Waals surface area contributed by atoms with Gasteiger partial charge in [0.2, 0.25) is 0 Å². The zero-order chi connectivity index (χ0) is 41.0. The molecule has 12 aromatic rings. The number of fused-ring (bicyclic) bond motifs is 6. The largest absolute Gasteiger partial charge is 0.309 e. The van der Waals surface area contributed by atoms with Crippen molar-refractivity contribution in [2.24, 2.45) is 0 Å². The van der Waals surface area contributed by atoms with Crippen LogP contribution in [0.4, 0.5) is 0 Å². The summed E-state index contributed by atoms with van der Waals surface area (Å²) in [6.07, 6.45) is 0. The molecule has 0 radical (unpaired) electrons. The van der Waals surface area contributed by atoms with Crippen molar-refractivity contribution >= 4 is 43.6 Å². The van der Waals surface area contributed by atoms with Gasteiger partial charge in [-0.15, -0.1) is 0 Å². The van der Waals surface area contributed by atoms with Crippen molar-refractivity contribution in [1.29, 1.82) is 0 Å². The van der Waals surface area contributed by atoms with E-state index < -0.39 is 0 Å². The predicted molar refractivity (Wildman–Crippen MR) is 262 cm³/mol. The number of benzene rings is 10. The Bertz CT molecular complexity index is 3580. The van der Waals surface area contributed by atoms with Gasteiger partial charge >= 0.3 is 0 Å². The van der Waals surface area contributed by atoms with Gasteiger partial charge in [-0.1, -0.05) is 188 Å². The highest BCUT2D eigenvalue weighted by Crippen LogP contribution is 2.40. The maximum atomic E-state index is 2.44. The van der Waals surface area contributed by atoms with Crippen molar-refractivity contribution in [3.63, 3.8) is 0 Å². The minimum absolute atomic E-state index is 1.15. The molecule has 62 heavy (non-hydrogen) atoms. The summed E-state index contributed by atoms with van der Waals surface area (Å²) in [4.78, 5) is 0. The molecule has 2 nitrogen and oxygen atoms in total. The second-order valence-electron chi connectivity index (χ2n) is 16.1. The van der Waals surface area contributed by atoms with Gasteiger partial charge in [-0.2, -0.15) is 0 Å². The quantitative estimate of drug-likeness (QED) is 0.152. The topological polar surface area (TPSA) is 9.86 Å². The number of nitrogens with zero attached hydrogens (tertiary/aromatic N) is 2. The van der Waals surface area contributed by atoms with Crippen LogP contribution >= 0.6 is 0 Å². The Morgan fingerprint density at radius 3 is 1.10 bits per heavy atom. The lowest BCUT2D eigenvalue weighted by Gasteiger charge is -2.14. The molecular formula is C60H40N2. The highest BCUT2D eigenvalue weighted by atomic mass is 15.0. The Morgan fingerprint density at radius 2 is 0.565 bits per heavy atom. The molecule has 12 rings (SSSR count). The van der Waals surface area contributed by atoms with Crippen molar-refractivity contribution in [3.05, 3.63) is 243 Å². The number of aromatic nitrogens is 2. The van der Waals surface area contributed by atoms with Gasteiger partial charge in [0, 0.05) is 32.8 Å². The van der Waals surface area contributed by atoms with Crippen molar-refractivity contribution in [2.45, 2.75) is 0 Å². The molecule has 0 unspecified atom stereocenters. The van der Waals surface area contributed by atoms with E-state index in [1.54, 1.807) is 0 Å². The molecule has 290 valence electrons. The molecule has 0 bridgehead atoms. The summed E-state index contributed by atoms with van der Waals surface area (Å²) < 4.78 is 4.84. The molecule has 0 amide bonds. The monoisotopic (exact) mass is 788 g/mol. The summed E-state index contributed by atoms with van der Waals surface area (Å²) >= 11 is 0. The zero-order valence-electron chi connectivity index (χ0n) is 34.0. The lowest BCUT2D eigenvalue weighted by molar-refractivity contribution is 1.18. The third kappa shape index (κ3) is 6.04. The fourth-order valence-corrected chi connectivity index (χ4v) is 9.52. The van der Waals surface area contributed by atoms with E-state index in [0.717, 1.165) is 5.69 Å². The van der Waals surface area contributed by atoms with Crippen LogP contribution in [-0.4, -0.2) is 9.13 Å². The highest BCUT2D eigenvalue weighted by molar-refractivity contribution is 6.13. The normalized spacial score (nSPS) is 11.5. The maximum absolute atomic E-state index is 2.44. The Morgan fingerprint density at radius 1 is 0.210 bits per heavy atom. The lowest BCUT2D eigenvalue weighted by atomic mass is 9.99. The van der Waals surface area contributed by atoms with Gasteiger partial charge in [-0.3, -0.25) is 0 Å². The van der Waals surface area contributed by atoms with Crippen LogP contribution in [0.15, 0.2) is 243 Å². The third-order valence-corrected chi connectivity index (χ3v) is 12.6. The molecule has 0 saturated carbocycles. The van der Waals surface area contributed by atoms with Gasteiger partial charge in [0.15, 0.2) is 0 Å². The summed E-state index contributed by atoms with van der Waals surface area (Å²) in [6, 6.07) is 88.3. The van der Waals surface area contributed by atoms with Crippen LogP contribution in [0.25, 0.3) is 111 Å². The molecule has 0 spiro atoms. The first kappa shape index (κ1) is 35.7. The second kappa shape index (κ2) is 14.8. The van der Waals surface area contributed by atoms with Crippen LogP contribution in [0, 0.1) is 0 Å². The molecule has 2 heterocycles. The summed E-state index contributed by atoms with van der Waals surface area (Å²) in [7, 11) is 0. The molecule has 0 fully saturated rings. The number of para-hydroxylation sites is 3. The van der Waals surface area contributed by atoms with Crippen LogP contribution in [0.2, 0.25) is 0 Å². The average molecular weight is 789 g/mol. The van der Waals surface area contributed by atoms with E-state index in [-0.39, 0.29) is 0 Å². The average Bonchev–Trinajstić information content (AvgIpc) is 3.87. The summed E-state index contributed by atoms with van der Waals surface area (Å²) in [5, 5.41) is 4.97. The van der Waals surface area contributed by atoms with Crippen LogP contribution < -0.4 is 0 Å². The minimum atomic E-state index is 1.15. The van der Waals surface area contributed by atoms with E-state index >= 15 is 0 Å². The summed E-state index contributed by atoms with van der Waals surface area (Å²) in [6.45, 7) is 0. The van der Waals surface area contributed by atoms with E-state index in [4.69, 9.17) is 0 Å². The first-order valence-corrected chi connectivity index (χ1v) is 21.3. The van der Waals surface area contributed by atoms with Gasteiger partial charge in [-0.25, -0.2) is 0 Å². The van der Waals surface area contributed by atoms with E-state index in [1.165, 1.54) is 105 Å².